The van der Waals surface area contributed by atoms with Gasteiger partial charge < -0.3 is 15.5 Å². The van der Waals surface area contributed by atoms with Gasteiger partial charge >= 0.3 is 0 Å². The van der Waals surface area contributed by atoms with Crippen LogP contribution in [-0.4, -0.2) is 54.4 Å². The van der Waals surface area contributed by atoms with E-state index in [1.807, 2.05) is 25.9 Å². The van der Waals surface area contributed by atoms with Gasteiger partial charge in [-0.3, -0.25) is 14.9 Å². The van der Waals surface area contributed by atoms with Gasteiger partial charge in [-0.25, -0.2) is 4.98 Å². The summed E-state index contributed by atoms with van der Waals surface area (Å²) in [5.41, 5.74) is -0.266. The Morgan fingerprint density at radius 3 is 2.76 bits per heavy atom. The first-order valence-corrected chi connectivity index (χ1v) is 6.77. The van der Waals surface area contributed by atoms with Crippen molar-refractivity contribution < 1.29 is 9.72 Å². The summed E-state index contributed by atoms with van der Waals surface area (Å²) >= 11 is 0. The molecular formula is C13H21N5O3. The number of hydrogen-bond donors (Lipinski definition) is 2. The number of anilines is 1. The minimum atomic E-state index is -0.600. The van der Waals surface area contributed by atoms with Crippen molar-refractivity contribution in [2.45, 2.75) is 13.3 Å². The van der Waals surface area contributed by atoms with E-state index >= 15 is 0 Å². The van der Waals surface area contributed by atoms with Crippen molar-refractivity contribution in [1.82, 2.24) is 15.2 Å². The van der Waals surface area contributed by atoms with E-state index < -0.39 is 10.8 Å². The second-order valence-electron chi connectivity index (χ2n) is 4.79. The summed E-state index contributed by atoms with van der Waals surface area (Å²) < 4.78 is 0. The fourth-order valence-electron chi connectivity index (χ4n) is 1.75. The van der Waals surface area contributed by atoms with Crippen LogP contribution in [0.25, 0.3) is 0 Å². The van der Waals surface area contributed by atoms with E-state index in [2.05, 4.69) is 15.6 Å². The van der Waals surface area contributed by atoms with Crippen LogP contribution in [0.1, 0.15) is 23.7 Å². The molecule has 0 saturated carbocycles. The minimum Gasteiger partial charge on any atom is -0.370 e. The number of carbonyl (C=O) groups is 1. The topological polar surface area (TPSA) is 100 Å². The molecule has 0 aliphatic rings. The fourth-order valence-corrected chi connectivity index (χ4v) is 1.75. The molecule has 1 aromatic heterocycles. The maximum absolute atomic E-state index is 12.1. The quantitative estimate of drug-likeness (QED) is 0.423. The molecular weight excluding hydrogens is 274 g/mol. The Labute approximate surface area is 123 Å². The van der Waals surface area contributed by atoms with Gasteiger partial charge in [-0.1, -0.05) is 0 Å². The molecule has 1 aromatic rings. The van der Waals surface area contributed by atoms with Gasteiger partial charge in [0.05, 0.1) is 4.92 Å². The molecule has 0 saturated heterocycles. The minimum absolute atomic E-state index is 0.0239. The van der Waals surface area contributed by atoms with Crippen molar-refractivity contribution in [1.29, 1.82) is 0 Å². The molecule has 0 fully saturated rings. The highest BCUT2D eigenvalue weighted by Crippen LogP contribution is 2.20. The zero-order valence-electron chi connectivity index (χ0n) is 12.5. The maximum Gasteiger partial charge on any atom is 0.300 e. The molecule has 0 unspecified atom stereocenters. The largest absolute Gasteiger partial charge is 0.370 e. The van der Waals surface area contributed by atoms with Gasteiger partial charge in [0.25, 0.3) is 11.6 Å². The van der Waals surface area contributed by atoms with Crippen LogP contribution in [0, 0.1) is 10.1 Å². The lowest BCUT2D eigenvalue weighted by Crippen LogP contribution is -2.27. The summed E-state index contributed by atoms with van der Waals surface area (Å²) in [4.78, 5) is 28.4. The van der Waals surface area contributed by atoms with E-state index in [-0.39, 0.29) is 11.3 Å². The summed E-state index contributed by atoms with van der Waals surface area (Å²) in [6.07, 6.45) is 1.88. The summed E-state index contributed by atoms with van der Waals surface area (Å²) in [7, 11) is 3.89. The van der Waals surface area contributed by atoms with Crippen LogP contribution in [0.15, 0.2) is 12.3 Å². The van der Waals surface area contributed by atoms with E-state index in [1.165, 1.54) is 6.07 Å². The number of aromatic nitrogens is 1. The molecule has 0 atom stereocenters. The first-order valence-electron chi connectivity index (χ1n) is 6.77. The highest BCUT2D eigenvalue weighted by molar-refractivity contribution is 5.98. The number of rotatable bonds is 8. The highest BCUT2D eigenvalue weighted by Gasteiger charge is 2.21. The van der Waals surface area contributed by atoms with E-state index in [4.69, 9.17) is 0 Å². The van der Waals surface area contributed by atoms with E-state index in [0.29, 0.717) is 18.9 Å². The molecule has 1 amide bonds. The van der Waals surface area contributed by atoms with Gasteiger partial charge in [0, 0.05) is 19.2 Å². The molecule has 0 aromatic carbocycles. The summed E-state index contributed by atoms with van der Waals surface area (Å²) in [5.74, 6) is -0.0106. The van der Waals surface area contributed by atoms with E-state index in [1.54, 1.807) is 0 Å². The summed E-state index contributed by atoms with van der Waals surface area (Å²) in [5, 5.41) is 16.6. The number of amides is 1. The molecule has 2 N–H and O–H groups in total. The third kappa shape index (κ3) is 5.35. The zero-order valence-corrected chi connectivity index (χ0v) is 12.5. The third-order valence-electron chi connectivity index (χ3n) is 2.75. The average Bonchev–Trinajstić information content (AvgIpc) is 2.43. The lowest BCUT2D eigenvalue weighted by Gasteiger charge is -2.10. The van der Waals surface area contributed by atoms with Gasteiger partial charge in [-0.2, -0.15) is 0 Å². The van der Waals surface area contributed by atoms with Crippen molar-refractivity contribution >= 4 is 17.4 Å². The van der Waals surface area contributed by atoms with Gasteiger partial charge in [-0.05, 0) is 34.0 Å². The number of nitrogens with one attached hydrogen (secondary N) is 2. The van der Waals surface area contributed by atoms with Crippen LogP contribution < -0.4 is 10.6 Å². The molecule has 0 radical (unpaired) electrons. The van der Waals surface area contributed by atoms with E-state index in [9.17, 15) is 14.9 Å². The van der Waals surface area contributed by atoms with Crippen LogP contribution in [0.5, 0.6) is 0 Å². The molecule has 116 valence electrons. The molecule has 0 aliphatic carbocycles. The lowest BCUT2D eigenvalue weighted by atomic mass is 10.2. The van der Waals surface area contributed by atoms with Gasteiger partial charge in [0.1, 0.15) is 17.6 Å². The second kappa shape index (κ2) is 8.15. The van der Waals surface area contributed by atoms with Crippen LogP contribution in [-0.2, 0) is 0 Å². The Bertz CT molecular complexity index is 505. The molecule has 1 rings (SSSR count). The molecule has 0 bridgehead atoms. The molecule has 8 nitrogen and oxygen atoms in total. The van der Waals surface area contributed by atoms with Gasteiger partial charge in [0.2, 0.25) is 0 Å². The van der Waals surface area contributed by atoms with E-state index in [0.717, 1.165) is 19.2 Å². The lowest BCUT2D eigenvalue weighted by molar-refractivity contribution is -0.385. The Morgan fingerprint density at radius 1 is 1.48 bits per heavy atom. The monoisotopic (exact) mass is 295 g/mol. The van der Waals surface area contributed by atoms with Crippen LogP contribution in [0.3, 0.4) is 0 Å². The Morgan fingerprint density at radius 2 is 2.19 bits per heavy atom. The smallest absolute Gasteiger partial charge is 0.300 e. The van der Waals surface area contributed by atoms with Crippen molar-refractivity contribution in [3.63, 3.8) is 0 Å². The first kappa shape index (κ1) is 16.8. The molecule has 21 heavy (non-hydrogen) atoms. The zero-order chi connectivity index (χ0) is 15.8. The van der Waals surface area contributed by atoms with Gasteiger partial charge in [-0.15, -0.1) is 0 Å². The predicted molar refractivity (Wildman–Crippen MR) is 80.6 cm³/mol. The first-order chi connectivity index (χ1) is 9.95. The van der Waals surface area contributed by atoms with Crippen LogP contribution in [0.2, 0.25) is 0 Å². The second-order valence-corrected chi connectivity index (χ2v) is 4.79. The highest BCUT2D eigenvalue weighted by atomic mass is 16.6. The molecule has 0 aliphatic heterocycles. The average molecular weight is 295 g/mol. The summed E-state index contributed by atoms with van der Waals surface area (Å²) in [6.45, 7) is 3.80. The predicted octanol–water partition coefficient (Wildman–Crippen LogP) is 1.10. The molecule has 0 spiro atoms. The Hall–Kier alpha value is -2.22. The van der Waals surface area contributed by atoms with Crippen LogP contribution in [0.4, 0.5) is 11.5 Å². The Kier molecular flexibility index (Phi) is 6.54. The van der Waals surface area contributed by atoms with Crippen molar-refractivity contribution in [2.75, 3.05) is 39.0 Å². The number of nitrogens with zero attached hydrogens (tertiary/aromatic N) is 3. The third-order valence-corrected chi connectivity index (χ3v) is 2.75. The SMILES string of the molecule is CCNc1cc(C(=O)NCCCN(C)C)c([N+](=O)[O-])cn1. The maximum atomic E-state index is 12.1. The number of carbonyl (C=O) groups excluding carboxylic acids is 1. The fraction of sp³-hybridized carbons (Fsp3) is 0.538. The van der Waals surface area contributed by atoms with Crippen molar-refractivity contribution in [3.8, 4) is 0 Å². The van der Waals surface area contributed by atoms with Crippen LogP contribution >= 0.6 is 0 Å². The number of nitro groups is 1. The normalized spacial score (nSPS) is 10.5. The van der Waals surface area contributed by atoms with Crippen molar-refractivity contribution in [2.24, 2.45) is 0 Å². The Balaban J connectivity index is 2.79. The summed E-state index contributed by atoms with van der Waals surface area (Å²) in [6, 6.07) is 1.41. The van der Waals surface area contributed by atoms with Gasteiger partial charge in [0.15, 0.2) is 0 Å². The van der Waals surface area contributed by atoms with Crippen molar-refractivity contribution in [3.05, 3.63) is 27.9 Å². The number of pyridine rings is 1. The standard InChI is InChI=1S/C13H21N5O3/c1-4-14-12-8-10(11(9-16-12)18(20)21)13(19)15-6-5-7-17(2)3/h8-9H,4-7H2,1-3H3,(H,14,16)(H,15,19). The molecule has 8 heteroatoms. The molecule has 1 heterocycles. The number of hydrogen-bond acceptors (Lipinski definition) is 6.